The first-order chi connectivity index (χ1) is 8.78. The number of amides is 1. The van der Waals surface area contributed by atoms with Gasteiger partial charge in [-0.2, -0.15) is 11.8 Å². The van der Waals surface area contributed by atoms with E-state index in [2.05, 4.69) is 16.9 Å². The molecule has 1 aliphatic carbocycles. The topological polar surface area (TPSA) is 50.4 Å². The molecule has 1 heterocycles. The van der Waals surface area contributed by atoms with Crippen LogP contribution in [-0.4, -0.2) is 49.3 Å². The van der Waals surface area contributed by atoms with Crippen LogP contribution < -0.4 is 10.6 Å². The van der Waals surface area contributed by atoms with Crippen LogP contribution in [-0.2, 0) is 9.53 Å². The van der Waals surface area contributed by atoms with E-state index in [1.807, 2.05) is 11.8 Å². The monoisotopic (exact) mass is 308 g/mol. The quantitative estimate of drug-likeness (QED) is 0.828. The minimum atomic E-state index is 0. The van der Waals surface area contributed by atoms with Crippen molar-refractivity contribution < 1.29 is 9.53 Å². The molecule has 112 valence electrons. The largest absolute Gasteiger partial charge is 0.378 e. The van der Waals surface area contributed by atoms with Crippen LogP contribution in [0.5, 0.6) is 0 Å². The van der Waals surface area contributed by atoms with Crippen molar-refractivity contribution in [3.8, 4) is 0 Å². The Labute approximate surface area is 126 Å². The highest BCUT2D eigenvalue weighted by atomic mass is 35.5. The van der Waals surface area contributed by atoms with Crippen LogP contribution in [0.25, 0.3) is 0 Å². The number of ether oxygens (including phenoxy) is 1. The SMILES string of the molecule is CSC1CCCC(NC(=O)CC2COCCN2)C1.Cl. The molecule has 19 heavy (non-hydrogen) atoms. The number of rotatable bonds is 4. The summed E-state index contributed by atoms with van der Waals surface area (Å²) in [6, 6.07) is 0.576. The third kappa shape index (κ3) is 5.90. The molecule has 2 rings (SSSR count). The Hall–Kier alpha value is 0.0300. The predicted octanol–water partition coefficient (Wildman–Crippen LogP) is 1.58. The molecule has 0 aromatic rings. The van der Waals surface area contributed by atoms with Crippen molar-refractivity contribution in [1.29, 1.82) is 0 Å². The van der Waals surface area contributed by atoms with Gasteiger partial charge < -0.3 is 15.4 Å². The third-order valence-corrected chi connectivity index (χ3v) is 4.85. The fourth-order valence-corrected chi connectivity index (χ4v) is 3.58. The van der Waals surface area contributed by atoms with Crippen LogP contribution in [0.2, 0.25) is 0 Å². The molecule has 0 aromatic heterocycles. The minimum Gasteiger partial charge on any atom is -0.378 e. The number of hydrogen-bond acceptors (Lipinski definition) is 4. The maximum absolute atomic E-state index is 12.0. The zero-order valence-corrected chi connectivity index (χ0v) is 13.2. The Morgan fingerprint density at radius 2 is 2.32 bits per heavy atom. The first-order valence-electron chi connectivity index (χ1n) is 6.91. The summed E-state index contributed by atoms with van der Waals surface area (Å²) in [5.41, 5.74) is 0. The van der Waals surface area contributed by atoms with Gasteiger partial charge in [0, 0.05) is 30.3 Å². The van der Waals surface area contributed by atoms with Gasteiger partial charge in [0.2, 0.25) is 5.91 Å². The number of thioether (sulfide) groups is 1. The molecule has 1 amide bonds. The second kappa shape index (κ2) is 9.06. The van der Waals surface area contributed by atoms with Crippen molar-refractivity contribution in [3.05, 3.63) is 0 Å². The van der Waals surface area contributed by atoms with Gasteiger partial charge in [-0.25, -0.2) is 0 Å². The third-order valence-electron chi connectivity index (χ3n) is 3.75. The summed E-state index contributed by atoms with van der Waals surface area (Å²) < 4.78 is 5.36. The van der Waals surface area contributed by atoms with Gasteiger partial charge in [0.25, 0.3) is 0 Å². The maximum Gasteiger partial charge on any atom is 0.221 e. The molecule has 0 aromatic carbocycles. The molecule has 4 nitrogen and oxygen atoms in total. The van der Waals surface area contributed by atoms with Crippen molar-refractivity contribution in [3.63, 3.8) is 0 Å². The van der Waals surface area contributed by atoms with E-state index in [-0.39, 0.29) is 24.4 Å². The van der Waals surface area contributed by atoms with Gasteiger partial charge in [-0.3, -0.25) is 4.79 Å². The van der Waals surface area contributed by atoms with Crippen LogP contribution in [0.1, 0.15) is 32.1 Å². The molecular formula is C13H25ClN2O2S. The van der Waals surface area contributed by atoms with Crippen LogP contribution in [0.15, 0.2) is 0 Å². The summed E-state index contributed by atoms with van der Waals surface area (Å²) >= 11 is 1.93. The first kappa shape index (κ1) is 17.1. The van der Waals surface area contributed by atoms with Gasteiger partial charge in [-0.1, -0.05) is 6.42 Å². The Balaban J connectivity index is 0.00000180. The lowest BCUT2D eigenvalue weighted by atomic mass is 9.94. The number of hydrogen-bond donors (Lipinski definition) is 2. The second-order valence-corrected chi connectivity index (χ2v) is 6.36. The van der Waals surface area contributed by atoms with Crippen molar-refractivity contribution in [2.45, 2.75) is 49.4 Å². The van der Waals surface area contributed by atoms with Crippen molar-refractivity contribution >= 4 is 30.1 Å². The van der Waals surface area contributed by atoms with Gasteiger partial charge >= 0.3 is 0 Å². The summed E-state index contributed by atoms with van der Waals surface area (Å²) in [6.45, 7) is 2.28. The molecule has 0 bridgehead atoms. The highest BCUT2D eigenvalue weighted by Gasteiger charge is 2.24. The zero-order chi connectivity index (χ0) is 12.8. The number of morpholine rings is 1. The fraction of sp³-hybridized carbons (Fsp3) is 0.923. The Kier molecular flexibility index (Phi) is 8.14. The molecule has 3 atom stereocenters. The van der Waals surface area contributed by atoms with Crippen molar-refractivity contribution in [2.24, 2.45) is 0 Å². The van der Waals surface area contributed by atoms with Gasteiger partial charge in [0.05, 0.1) is 13.2 Å². The van der Waals surface area contributed by atoms with E-state index >= 15 is 0 Å². The number of carbonyl (C=O) groups is 1. The van der Waals surface area contributed by atoms with E-state index < -0.39 is 0 Å². The lowest BCUT2D eigenvalue weighted by Crippen LogP contribution is -2.46. The number of halogens is 1. The highest BCUT2D eigenvalue weighted by molar-refractivity contribution is 7.99. The lowest BCUT2D eigenvalue weighted by molar-refractivity contribution is -0.123. The molecule has 0 spiro atoms. The molecule has 1 aliphatic heterocycles. The molecule has 1 saturated carbocycles. The molecule has 2 N–H and O–H groups in total. The average Bonchev–Trinajstić information content (AvgIpc) is 2.40. The van der Waals surface area contributed by atoms with E-state index in [1.165, 1.54) is 12.8 Å². The fourth-order valence-electron chi connectivity index (χ4n) is 2.75. The second-order valence-electron chi connectivity index (χ2n) is 5.22. The highest BCUT2D eigenvalue weighted by Crippen LogP contribution is 2.26. The van der Waals surface area contributed by atoms with Crippen LogP contribution in [0, 0.1) is 0 Å². The molecule has 2 fully saturated rings. The predicted molar refractivity (Wildman–Crippen MR) is 82.2 cm³/mol. The van der Waals surface area contributed by atoms with Crippen LogP contribution in [0.3, 0.4) is 0 Å². The van der Waals surface area contributed by atoms with E-state index in [1.54, 1.807) is 0 Å². The van der Waals surface area contributed by atoms with Crippen molar-refractivity contribution in [2.75, 3.05) is 26.0 Å². The van der Waals surface area contributed by atoms with Gasteiger partial charge in [-0.05, 0) is 25.5 Å². The van der Waals surface area contributed by atoms with Gasteiger partial charge in [-0.15, -0.1) is 12.4 Å². The molecule has 1 saturated heterocycles. The summed E-state index contributed by atoms with van der Waals surface area (Å²) in [4.78, 5) is 12.0. The molecule has 0 radical (unpaired) electrons. The molecule has 3 unspecified atom stereocenters. The van der Waals surface area contributed by atoms with Crippen LogP contribution >= 0.6 is 24.2 Å². The van der Waals surface area contributed by atoms with Crippen molar-refractivity contribution in [1.82, 2.24) is 10.6 Å². The maximum atomic E-state index is 12.0. The Morgan fingerprint density at radius 3 is 3.00 bits per heavy atom. The normalized spacial score (nSPS) is 31.3. The van der Waals surface area contributed by atoms with E-state index in [9.17, 15) is 4.79 Å². The summed E-state index contributed by atoms with van der Waals surface area (Å²) in [6.07, 6.45) is 7.50. The lowest BCUT2D eigenvalue weighted by Gasteiger charge is -2.29. The number of carbonyl (C=O) groups excluding carboxylic acids is 1. The molecule has 2 aliphatic rings. The standard InChI is InChI=1S/C13H24N2O2S.ClH/c1-18-12-4-2-3-10(7-12)15-13(16)8-11-9-17-6-5-14-11;/h10-12,14H,2-9H2,1H3,(H,15,16);1H. The number of nitrogens with one attached hydrogen (secondary N) is 2. The first-order valence-corrected chi connectivity index (χ1v) is 8.20. The van der Waals surface area contributed by atoms with Gasteiger partial charge in [0.1, 0.15) is 0 Å². The zero-order valence-electron chi connectivity index (χ0n) is 11.5. The van der Waals surface area contributed by atoms with Crippen LogP contribution in [0.4, 0.5) is 0 Å². The molecular weight excluding hydrogens is 284 g/mol. The van der Waals surface area contributed by atoms with Gasteiger partial charge in [0.15, 0.2) is 0 Å². The minimum absolute atomic E-state index is 0. The Bertz CT molecular complexity index is 275. The average molecular weight is 309 g/mol. The van der Waals surface area contributed by atoms with E-state index in [0.717, 1.165) is 31.2 Å². The summed E-state index contributed by atoms with van der Waals surface area (Å²) in [5, 5.41) is 7.22. The smallest absolute Gasteiger partial charge is 0.221 e. The van der Waals surface area contributed by atoms with E-state index in [0.29, 0.717) is 19.1 Å². The summed E-state index contributed by atoms with van der Waals surface area (Å²) in [7, 11) is 0. The molecule has 6 heteroatoms. The Morgan fingerprint density at radius 1 is 1.47 bits per heavy atom. The summed E-state index contributed by atoms with van der Waals surface area (Å²) in [5.74, 6) is 0.171. The van der Waals surface area contributed by atoms with E-state index in [4.69, 9.17) is 4.74 Å².